The standard InChI is InChI=1S/C23H24N2O5S2/c26-23(15-24(19-7-3-1-4-8-19)21-11-13-31(27,28)17-21)16-25(20-9-5-2-6-10-20)22-12-14-32(29,30)18-22/h1-14,21-22H,15-18H2/t21-,22-/m1/s1. The van der Waals surface area contributed by atoms with Crippen LogP contribution in [0.25, 0.3) is 0 Å². The van der Waals surface area contributed by atoms with Crippen molar-refractivity contribution in [1.82, 2.24) is 0 Å². The Kier molecular flexibility index (Phi) is 6.21. The molecule has 0 fully saturated rings. The maximum absolute atomic E-state index is 13.2. The zero-order chi connectivity index (χ0) is 22.8. The first-order valence-electron chi connectivity index (χ1n) is 10.2. The van der Waals surface area contributed by atoms with E-state index in [9.17, 15) is 21.6 Å². The van der Waals surface area contributed by atoms with Crippen molar-refractivity contribution in [1.29, 1.82) is 0 Å². The molecule has 2 aliphatic heterocycles. The Bertz CT molecular complexity index is 1140. The van der Waals surface area contributed by atoms with Crippen molar-refractivity contribution in [2.45, 2.75) is 12.1 Å². The van der Waals surface area contributed by atoms with Crippen LogP contribution in [0, 0.1) is 0 Å². The van der Waals surface area contributed by atoms with E-state index < -0.39 is 31.8 Å². The van der Waals surface area contributed by atoms with Gasteiger partial charge in [0.05, 0.1) is 36.7 Å². The fourth-order valence-electron chi connectivity index (χ4n) is 3.98. The minimum Gasteiger partial charge on any atom is -0.357 e. The molecule has 0 N–H and O–H groups in total. The largest absolute Gasteiger partial charge is 0.357 e. The lowest BCUT2D eigenvalue weighted by molar-refractivity contribution is -0.116. The Morgan fingerprint density at radius 1 is 0.688 bits per heavy atom. The van der Waals surface area contributed by atoms with Crippen LogP contribution in [0.3, 0.4) is 0 Å². The number of benzene rings is 2. The van der Waals surface area contributed by atoms with Gasteiger partial charge in [-0.15, -0.1) is 0 Å². The lowest BCUT2D eigenvalue weighted by Gasteiger charge is -2.32. The van der Waals surface area contributed by atoms with Crippen molar-refractivity contribution in [3.63, 3.8) is 0 Å². The second-order valence-corrected chi connectivity index (χ2v) is 11.8. The maximum atomic E-state index is 13.2. The predicted octanol–water partition coefficient (Wildman–Crippen LogP) is 2.19. The summed E-state index contributed by atoms with van der Waals surface area (Å²) in [4.78, 5) is 16.8. The minimum absolute atomic E-state index is 0.00105. The second kappa shape index (κ2) is 8.91. The molecule has 0 saturated heterocycles. The number of ketones is 1. The molecule has 0 aromatic heterocycles. The van der Waals surface area contributed by atoms with Gasteiger partial charge in [-0.25, -0.2) is 16.8 Å². The lowest BCUT2D eigenvalue weighted by atomic mass is 10.1. The first-order valence-corrected chi connectivity index (χ1v) is 13.6. The topological polar surface area (TPSA) is 91.8 Å². The van der Waals surface area contributed by atoms with E-state index in [0.29, 0.717) is 0 Å². The molecule has 0 radical (unpaired) electrons. The summed E-state index contributed by atoms with van der Waals surface area (Å²) in [5.41, 5.74) is 1.50. The van der Waals surface area contributed by atoms with Gasteiger partial charge >= 0.3 is 0 Å². The summed E-state index contributed by atoms with van der Waals surface area (Å²) in [6.45, 7) is 0.00210. The summed E-state index contributed by atoms with van der Waals surface area (Å²) in [6, 6.07) is 17.5. The van der Waals surface area contributed by atoms with Gasteiger partial charge in [-0.1, -0.05) is 36.4 Å². The van der Waals surface area contributed by atoms with Gasteiger partial charge in [0, 0.05) is 22.2 Å². The average molecular weight is 473 g/mol. The fourth-order valence-corrected chi connectivity index (χ4v) is 6.57. The first kappa shape index (κ1) is 22.3. The number of hydrogen-bond donors (Lipinski definition) is 0. The van der Waals surface area contributed by atoms with Crippen LogP contribution in [0.2, 0.25) is 0 Å². The van der Waals surface area contributed by atoms with Crippen LogP contribution in [0.15, 0.2) is 83.6 Å². The Morgan fingerprint density at radius 2 is 1.06 bits per heavy atom. The summed E-state index contributed by atoms with van der Waals surface area (Å²) in [6.07, 6.45) is 3.22. The van der Waals surface area contributed by atoms with Gasteiger partial charge < -0.3 is 9.80 Å². The van der Waals surface area contributed by atoms with Gasteiger partial charge in [-0.05, 0) is 36.4 Å². The zero-order valence-electron chi connectivity index (χ0n) is 17.3. The third-order valence-electron chi connectivity index (χ3n) is 5.49. The van der Waals surface area contributed by atoms with Crippen molar-refractivity contribution in [2.24, 2.45) is 0 Å². The quantitative estimate of drug-likeness (QED) is 0.582. The normalized spacial score (nSPS) is 22.6. The number of carbonyl (C=O) groups excluding carboxylic acids is 1. The van der Waals surface area contributed by atoms with Crippen LogP contribution in [0.1, 0.15) is 0 Å². The molecular weight excluding hydrogens is 448 g/mol. The Labute approximate surface area is 188 Å². The Hall–Kier alpha value is -2.91. The third-order valence-corrected chi connectivity index (χ3v) is 8.25. The van der Waals surface area contributed by atoms with Gasteiger partial charge in [0.1, 0.15) is 0 Å². The molecule has 0 saturated carbocycles. The van der Waals surface area contributed by atoms with Crippen molar-refractivity contribution in [3.8, 4) is 0 Å². The average Bonchev–Trinajstić information content (AvgIpc) is 3.32. The van der Waals surface area contributed by atoms with Crippen molar-refractivity contribution in [3.05, 3.63) is 83.6 Å². The first-order chi connectivity index (χ1) is 15.2. The van der Waals surface area contributed by atoms with E-state index in [4.69, 9.17) is 0 Å². The molecule has 2 heterocycles. The predicted molar refractivity (Wildman–Crippen MR) is 126 cm³/mol. The molecule has 2 aliphatic rings. The van der Waals surface area contributed by atoms with E-state index in [1.165, 1.54) is 10.8 Å². The number of carbonyl (C=O) groups is 1. The van der Waals surface area contributed by atoms with Gasteiger partial charge in [0.2, 0.25) is 0 Å². The minimum atomic E-state index is -3.30. The smallest absolute Gasteiger partial charge is 0.173 e. The molecule has 9 heteroatoms. The van der Waals surface area contributed by atoms with E-state index in [1.807, 2.05) is 60.7 Å². The lowest BCUT2D eigenvalue weighted by Crippen LogP contribution is -2.45. The summed E-state index contributed by atoms with van der Waals surface area (Å²) < 4.78 is 48.0. The third kappa shape index (κ3) is 5.28. The summed E-state index contributed by atoms with van der Waals surface area (Å²) >= 11 is 0. The molecule has 0 unspecified atom stereocenters. The van der Waals surface area contributed by atoms with E-state index in [2.05, 4.69) is 0 Å². The Balaban J connectivity index is 1.57. The molecule has 2 aromatic rings. The number of nitrogens with zero attached hydrogens (tertiary/aromatic N) is 2. The fraction of sp³-hybridized carbons (Fsp3) is 0.261. The zero-order valence-corrected chi connectivity index (χ0v) is 19.0. The van der Waals surface area contributed by atoms with Crippen LogP contribution in [0.5, 0.6) is 0 Å². The van der Waals surface area contributed by atoms with Gasteiger partial charge in [0.15, 0.2) is 25.5 Å². The van der Waals surface area contributed by atoms with Crippen molar-refractivity contribution >= 4 is 36.8 Å². The number of hydrogen-bond acceptors (Lipinski definition) is 7. The molecule has 2 aromatic carbocycles. The highest BCUT2D eigenvalue weighted by Gasteiger charge is 2.31. The highest BCUT2D eigenvalue weighted by molar-refractivity contribution is 7.94. The highest BCUT2D eigenvalue weighted by atomic mass is 32.2. The molecule has 0 bridgehead atoms. The Morgan fingerprint density at radius 3 is 1.38 bits per heavy atom. The highest BCUT2D eigenvalue weighted by Crippen LogP contribution is 2.25. The summed E-state index contributed by atoms with van der Waals surface area (Å²) in [7, 11) is -6.59. The SMILES string of the molecule is O=C(CN(c1ccccc1)[C@@H]1C=CS(=O)(=O)C1)CN(c1ccccc1)[C@@H]1C=CS(=O)(=O)C1. The van der Waals surface area contributed by atoms with Crippen molar-refractivity contribution < 1.29 is 21.6 Å². The summed E-state index contributed by atoms with van der Waals surface area (Å²) in [5, 5.41) is 2.39. The molecular formula is C23H24N2O5S2. The number of sulfone groups is 2. The van der Waals surface area contributed by atoms with Crippen LogP contribution in [-0.4, -0.2) is 59.3 Å². The number of rotatable bonds is 8. The van der Waals surface area contributed by atoms with Gasteiger partial charge in [-0.3, -0.25) is 4.79 Å². The van der Waals surface area contributed by atoms with Crippen LogP contribution in [0.4, 0.5) is 11.4 Å². The molecule has 32 heavy (non-hydrogen) atoms. The van der Waals surface area contributed by atoms with Crippen LogP contribution < -0.4 is 9.80 Å². The number of anilines is 2. The second-order valence-electron chi connectivity index (χ2n) is 7.92. The molecule has 168 valence electrons. The number of Topliss-reactive ketones (excluding diaryl/α,β-unsaturated/α-hetero) is 1. The van der Waals surface area contributed by atoms with Crippen molar-refractivity contribution in [2.75, 3.05) is 34.4 Å². The molecule has 0 amide bonds. The van der Waals surface area contributed by atoms with E-state index in [-0.39, 0.29) is 30.4 Å². The van der Waals surface area contributed by atoms with E-state index in [0.717, 1.165) is 11.4 Å². The number of para-hydroxylation sites is 2. The molecule has 0 spiro atoms. The monoisotopic (exact) mass is 472 g/mol. The molecule has 4 rings (SSSR count). The van der Waals surface area contributed by atoms with Gasteiger partial charge in [0.25, 0.3) is 0 Å². The molecule has 0 aliphatic carbocycles. The molecule has 7 nitrogen and oxygen atoms in total. The van der Waals surface area contributed by atoms with Crippen LogP contribution >= 0.6 is 0 Å². The summed E-state index contributed by atoms with van der Waals surface area (Å²) in [5.74, 6) is -0.310. The van der Waals surface area contributed by atoms with Crippen LogP contribution in [-0.2, 0) is 24.5 Å². The van der Waals surface area contributed by atoms with Gasteiger partial charge in [-0.2, -0.15) is 0 Å². The van der Waals surface area contributed by atoms with E-state index >= 15 is 0 Å². The molecule has 2 atom stereocenters. The van der Waals surface area contributed by atoms with E-state index in [1.54, 1.807) is 22.0 Å². The maximum Gasteiger partial charge on any atom is 0.173 e.